The van der Waals surface area contributed by atoms with Gasteiger partial charge in [0.25, 0.3) is 5.91 Å². The van der Waals surface area contributed by atoms with Crippen LogP contribution in [0.3, 0.4) is 0 Å². The molecular formula is C24H32ClNO6S. The molecule has 0 aliphatic rings. The summed E-state index contributed by atoms with van der Waals surface area (Å²) >= 11 is 6.38. The van der Waals surface area contributed by atoms with Crippen molar-refractivity contribution in [2.75, 3.05) is 40.2 Å². The van der Waals surface area contributed by atoms with Gasteiger partial charge in [0.1, 0.15) is 5.75 Å². The molecule has 182 valence electrons. The second kappa shape index (κ2) is 12.1. The maximum Gasteiger partial charge on any atom is 0.253 e. The van der Waals surface area contributed by atoms with E-state index in [1.807, 2.05) is 0 Å². The van der Waals surface area contributed by atoms with Crippen molar-refractivity contribution in [2.24, 2.45) is 5.92 Å². The van der Waals surface area contributed by atoms with Crippen molar-refractivity contribution >= 4 is 27.3 Å². The van der Waals surface area contributed by atoms with Gasteiger partial charge < -0.3 is 19.1 Å². The van der Waals surface area contributed by atoms with Crippen LogP contribution in [-0.4, -0.2) is 59.4 Å². The van der Waals surface area contributed by atoms with Gasteiger partial charge in [-0.05, 0) is 49.1 Å². The summed E-state index contributed by atoms with van der Waals surface area (Å²) in [6.07, 6.45) is 2.59. The second-order valence-electron chi connectivity index (χ2n) is 8.20. The third-order valence-corrected chi connectivity index (χ3v) is 6.30. The molecule has 2 rings (SSSR count). The number of nitrogens with zero attached hydrogens (tertiary/aromatic N) is 1. The van der Waals surface area contributed by atoms with E-state index < -0.39 is 9.84 Å². The molecule has 0 N–H and O–H groups in total. The van der Waals surface area contributed by atoms with Gasteiger partial charge in [-0.25, -0.2) is 8.42 Å². The summed E-state index contributed by atoms with van der Waals surface area (Å²) in [5.41, 5.74) is 0.400. The summed E-state index contributed by atoms with van der Waals surface area (Å²) in [4.78, 5) is 14.6. The number of methoxy groups -OCH3 is 1. The van der Waals surface area contributed by atoms with E-state index in [0.29, 0.717) is 59.9 Å². The van der Waals surface area contributed by atoms with E-state index in [9.17, 15) is 13.2 Å². The summed E-state index contributed by atoms with van der Waals surface area (Å²) in [5, 5.41) is 0.323. The summed E-state index contributed by atoms with van der Waals surface area (Å²) in [5.74, 6) is 1.61. The number of carbonyl (C=O) groups is 1. The smallest absolute Gasteiger partial charge is 0.253 e. The normalized spacial score (nSPS) is 11.4. The molecule has 0 saturated carbocycles. The molecule has 0 aromatic heterocycles. The molecule has 0 unspecified atom stereocenters. The average Bonchev–Trinajstić information content (AvgIpc) is 2.76. The largest absolute Gasteiger partial charge is 0.493 e. The molecule has 33 heavy (non-hydrogen) atoms. The number of sulfone groups is 1. The highest BCUT2D eigenvalue weighted by molar-refractivity contribution is 7.90. The number of ether oxygens (including phenoxy) is 3. The van der Waals surface area contributed by atoms with E-state index in [2.05, 4.69) is 13.8 Å². The SMILES string of the molecule is COc1cc(C(=O)N(C)CCCOc2cccc(S(C)(=O)=O)c2)cc(Cl)c1OCCC(C)C. The van der Waals surface area contributed by atoms with E-state index in [-0.39, 0.29) is 10.8 Å². The van der Waals surface area contributed by atoms with Gasteiger partial charge in [-0.3, -0.25) is 4.79 Å². The van der Waals surface area contributed by atoms with E-state index >= 15 is 0 Å². The molecule has 0 aliphatic carbocycles. The maximum absolute atomic E-state index is 12.9. The van der Waals surface area contributed by atoms with E-state index in [0.717, 1.165) is 12.7 Å². The molecule has 0 bridgehead atoms. The number of benzene rings is 2. The number of hydrogen-bond donors (Lipinski definition) is 0. The average molecular weight is 498 g/mol. The van der Waals surface area contributed by atoms with Gasteiger partial charge >= 0.3 is 0 Å². The van der Waals surface area contributed by atoms with Crippen molar-refractivity contribution in [1.29, 1.82) is 0 Å². The Morgan fingerprint density at radius 2 is 1.85 bits per heavy atom. The van der Waals surface area contributed by atoms with Crippen molar-refractivity contribution < 1.29 is 27.4 Å². The van der Waals surface area contributed by atoms with Gasteiger partial charge in [-0.2, -0.15) is 0 Å². The van der Waals surface area contributed by atoms with Gasteiger partial charge in [0.05, 0.1) is 30.2 Å². The summed E-state index contributed by atoms with van der Waals surface area (Å²) in [6.45, 7) is 5.50. The minimum absolute atomic E-state index is 0.203. The molecular weight excluding hydrogens is 466 g/mol. The van der Waals surface area contributed by atoms with Crippen LogP contribution in [0, 0.1) is 5.92 Å². The van der Waals surface area contributed by atoms with Gasteiger partial charge in [-0.15, -0.1) is 0 Å². The van der Waals surface area contributed by atoms with Crippen molar-refractivity contribution in [2.45, 2.75) is 31.6 Å². The highest BCUT2D eigenvalue weighted by Crippen LogP contribution is 2.37. The zero-order chi connectivity index (χ0) is 24.6. The quantitative estimate of drug-likeness (QED) is 0.395. The first-order chi connectivity index (χ1) is 15.5. The highest BCUT2D eigenvalue weighted by atomic mass is 35.5. The Balaban J connectivity index is 1.94. The molecule has 0 spiro atoms. The molecule has 1 amide bonds. The standard InChI is InChI=1S/C24H32ClNO6S/c1-17(2)10-13-32-23-21(25)14-18(15-22(23)30-4)24(27)26(3)11-7-12-31-19-8-6-9-20(16-19)33(5,28)29/h6,8-9,14-17H,7,10-13H2,1-5H3. The Labute approximate surface area is 201 Å². The van der Waals surface area contributed by atoms with Gasteiger partial charge in [0.15, 0.2) is 21.3 Å². The Kier molecular flexibility index (Phi) is 9.86. The summed E-state index contributed by atoms with van der Waals surface area (Å²) < 4.78 is 40.1. The predicted octanol–water partition coefficient (Wildman–Crippen LogP) is 4.72. The third kappa shape index (κ3) is 8.12. The zero-order valence-corrected chi connectivity index (χ0v) is 21.3. The first-order valence-corrected chi connectivity index (χ1v) is 13.0. The van der Waals surface area contributed by atoms with Gasteiger partial charge in [0, 0.05) is 25.4 Å². The van der Waals surface area contributed by atoms with Crippen molar-refractivity contribution in [3.63, 3.8) is 0 Å². The van der Waals surface area contributed by atoms with Crippen LogP contribution in [0.2, 0.25) is 5.02 Å². The van der Waals surface area contributed by atoms with E-state index in [1.165, 1.54) is 19.2 Å². The number of rotatable bonds is 12. The number of amides is 1. The van der Waals surface area contributed by atoms with Crippen LogP contribution in [-0.2, 0) is 9.84 Å². The fourth-order valence-electron chi connectivity index (χ4n) is 2.99. The van der Waals surface area contributed by atoms with Crippen LogP contribution in [0.25, 0.3) is 0 Å². The third-order valence-electron chi connectivity index (χ3n) is 4.90. The monoisotopic (exact) mass is 497 g/mol. The molecule has 2 aromatic carbocycles. The van der Waals surface area contributed by atoms with Crippen molar-refractivity contribution in [1.82, 2.24) is 4.90 Å². The lowest BCUT2D eigenvalue weighted by molar-refractivity contribution is 0.0787. The van der Waals surface area contributed by atoms with Crippen LogP contribution >= 0.6 is 11.6 Å². The molecule has 0 heterocycles. The van der Waals surface area contributed by atoms with Gasteiger partial charge in [0.2, 0.25) is 0 Å². The predicted molar refractivity (Wildman–Crippen MR) is 130 cm³/mol. The summed E-state index contributed by atoms with van der Waals surface area (Å²) in [6, 6.07) is 9.55. The van der Waals surface area contributed by atoms with Crippen LogP contribution in [0.15, 0.2) is 41.3 Å². The van der Waals surface area contributed by atoms with Crippen molar-refractivity contribution in [3.05, 3.63) is 47.0 Å². The maximum atomic E-state index is 12.9. The molecule has 0 atom stereocenters. The number of hydrogen-bond acceptors (Lipinski definition) is 6. The first kappa shape index (κ1) is 26.8. The van der Waals surface area contributed by atoms with Crippen molar-refractivity contribution in [3.8, 4) is 17.2 Å². The lowest BCUT2D eigenvalue weighted by atomic mass is 10.1. The Morgan fingerprint density at radius 1 is 1.12 bits per heavy atom. The fraction of sp³-hybridized carbons (Fsp3) is 0.458. The first-order valence-electron chi connectivity index (χ1n) is 10.7. The molecule has 9 heteroatoms. The van der Waals surface area contributed by atoms with Crippen LogP contribution in [0.5, 0.6) is 17.2 Å². The molecule has 2 aromatic rings. The number of halogens is 1. The molecule has 0 radical (unpaired) electrons. The number of carbonyl (C=O) groups excluding carboxylic acids is 1. The topological polar surface area (TPSA) is 82.1 Å². The van der Waals surface area contributed by atoms with E-state index in [4.69, 9.17) is 25.8 Å². The van der Waals surface area contributed by atoms with Crippen LogP contribution < -0.4 is 14.2 Å². The highest BCUT2D eigenvalue weighted by Gasteiger charge is 2.18. The van der Waals surface area contributed by atoms with Crippen LogP contribution in [0.4, 0.5) is 0 Å². The van der Waals surface area contributed by atoms with Crippen LogP contribution in [0.1, 0.15) is 37.0 Å². The van der Waals surface area contributed by atoms with Gasteiger partial charge in [-0.1, -0.05) is 31.5 Å². The lowest BCUT2D eigenvalue weighted by Crippen LogP contribution is -2.28. The fourth-order valence-corrected chi connectivity index (χ4v) is 3.91. The molecule has 7 nitrogen and oxygen atoms in total. The molecule has 0 aliphatic heterocycles. The Bertz CT molecular complexity index is 1050. The summed E-state index contributed by atoms with van der Waals surface area (Å²) in [7, 11) is -0.0924. The second-order valence-corrected chi connectivity index (χ2v) is 10.6. The Morgan fingerprint density at radius 3 is 2.48 bits per heavy atom. The molecule has 0 fully saturated rings. The molecule has 0 saturated heterocycles. The lowest BCUT2D eigenvalue weighted by Gasteiger charge is -2.19. The zero-order valence-electron chi connectivity index (χ0n) is 19.8. The minimum atomic E-state index is -3.30. The Hall–Kier alpha value is -2.45. The minimum Gasteiger partial charge on any atom is -0.493 e. The van der Waals surface area contributed by atoms with E-state index in [1.54, 1.807) is 36.2 Å².